The second-order valence-electron chi connectivity index (χ2n) is 31.3. The summed E-state index contributed by atoms with van der Waals surface area (Å²) in [5.74, 6) is -3.44. The summed E-state index contributed by atoms with van der Waals surface area (Å²) in [6.07, 6.45) is -21.4. The molecule has 11 N–H and O–H groups in total. The van der Waals surface area contributed by atoms with E-state index in [4.69, 9.17) is 107 Å². The molecule has 5 fully saturated rings. The van der Waals surface area contributed by atoms with Crippen LogP contribution in [0, 0.1) is 29.6 Å². The molecule has 55 heteroatoms. The van der Waals surface area contributed by atoms with Gasteiger partial charge in [0, 0.05) is 62.6 Å². The molecule has 5 aliphatic heterocycles. The van der Waals surface area contributed by atoms with E-state index in [9.17, 15) is 117 Å². The zero-order chi connectivity index (χ0) is 93.1. The predicted molar refractivity (Wildman–Crippen MR) is 412 cm³/mol. The van der Waals surface area contributed by atoms with Crippen LogP contribution in [-0.4, -0.2) is 296 Å². The highest BCUT2D eigenvalue weighted by molar-refractivity contribution is 7.47. The highest BCUT2D eigenvalue weighted by Gasteiger charge is 2.49. The first-order valence-electron chi connectivity index (χ1n) is 41.3. The van der Waals surface area contributed by atoms with Crippen molar-refractivity contribution in [3.05, 3.63) is 0 Å². The first-order chi connectivity index (χ1) is 57.8. The molecule has 124 heavy (non-hydrogen) atoms. The zero-order valence-electron chi connectivity index (χ0n) is 71.5. The van der Waals surface area contributed by atoms with Gasteiger partial charge in [-0.2, -0.15) is 0 Å². The molecule has 48 nitrogen and oxygen atoms in total. The van der Waals surface area contributed by atoms with Gasteiger partial charge < -0.3 is 196 Å². The van der Waals surface area contributed by atoms with Gasteiger partial charge in [0.2, 0.25) is 0 Å². The Balaban J connectivity index is 0.000000561. The molecular weight excluding hydrogens is 1810 g/mol. The summed E-state index contributed by atoms with van der Waals surface area (Å²) in [6, 6.07) is 0. The molecule has 738 valence electrons. The molecule has 0 radical (unpaired) electrons. The molecule has 5 aliphatic rings. The van der Waals surface area contributed by atoms with E-state index >= 15 is 0 Å². The summed E-state index contributed by atoms with van der Waals surface area (Å²) in [6.45, 7) is 13.3. The van der Waals surface area contributed by atoms with Gasteiger partial charge in [0.1, 0.15) is 61.0 Å². The number of unbranched alkanes of at least 4 members (excludes halogenated alkanes) is 10. The molecule has 5 rings (SSSR count). The zero-order valence-corrected chi connectivity index (χ0v) is 77.8. The lowest BCUT2D eigenvalue weighted by molar-refractivity contribution is -0.287. The standard InChI is InChI=1S/C42H84O28P4.C27H55O20P3/c1-26(2)69-73(53,54)62-22-16-10-13-19-58-41-29(6)35(44)38(47)32(67-41)24-64-71(49,50)60-20-14-8-11-17-57-40-28(5)34(43)37(46)31(66-40)23-63-72(51,52)61-21-15-9-12-18-59-42-30(7)36(45)39(48)33(68-42)25-65-74(55,56)70-27(3)4;1-17(2)47-50(37,38)44-16-21-25(31)23(29)19(4)27(46-21)40-12-8-6-10-14-42-49(35,36)43-15-20-24(30)22(28)18(3)26(45-20)39-11-7-5-9-13-41-48(32,33)34/h26-48H,8-25H2,1-7H3,(H,49,50)(H,51,52)(H,53,54)(H,55,56);17-31H,5-16H2,1-4H3,(H,35,36)(H,37,38)(H2,32,33,34)/p-7. The largest absolute Gasteiger partial charge is 0.756 e. The minimum Gasteiger partial charge on any atom is -0.756 e. The summed E-state index contributed by atoms with van der Waals surface area (Å²) < 4.78 is 203. The normalized spacial score (nSPS) is 34.3. The number of hydrogen-bond acceptors (Lipinski definition) is 47. The number of rotatable bonds is 61. The molecule has 0 saturated carbocycles. The third-order valence-corrected chi connectivity index (χ3v) is 26.5. The van der Waals surface area contributed by atoms with E-state index in [1.54, 1.807) is 48.5 Å². The third-order valence-electron chi connectivity index (χ3n) is 19.6. The van der Waals surface area contributed by atoms with E-state index in [0.29, 0.717) is 77.0 Å². The summed E-state index contributed by atoms with van der Waals surface area (Å²) >= 11 is 0. The van der Waals surface area contributed by atoms with Crippen LogP contribution in [0.15, 0.2) is 0 Å². The highest BCUT2D eigenvalue weighted by Crippen LogP contribution is 2.47. The number of aliphatic hydroxyl groups excluding tert-OH is 10. The number of phosphoric acid groups is 7. The maximum Gasteiger partial charge on any atom is 0.268 e. The van der Waals surface area contributed by atoms with Crippen LogP contribution in [0.25, 0.3) is 0 Å². The average Bonchev–Trinajstić information content (AvgIpc) is 0.837. The molecule has 32 unspecified atom stereocenters. The Bertz CT molecular complexity index is 3280. The van der Waals surface area contributed by atoms with Crippen LogP contribution >= 0.6 is 54.8 Å². The minimum atomic E-state index is -4.90. The fourth-order valence-electron chi connectivity index (χ4n) is 12.6. The van der Waals surface area contributed by atoms with Crippen LogP contribution in [0.2, 0.25) is 0 Å². The van der Waals surface area contributed by atoms with Crippen molar-refractivity contribution >= 4 is 54.8 Å². The highest BCUT2D eigenvalue weighted by atomic mass is 31.2. The Labute approximate surface area is 722 Å². The fourth-order valence-corrected chi connectivity index (χ4v) is 18.0. The molecule has 32 atom stereocenters. The van der Waals surface area contributed by atoms with Crippen molar-refractivity contribution in [2.45, 2.75) is 314 Å². The van der Waals surface area contributed by atoms with Crippen molar-refractivity contribution in [3.63, 3.8) is 0 Å². The molecule has 0 aromatic rings. The molecule has 0 amide bonds. The lowest BCUT2D eigenvalue weighted by Gasteiger charge is -2.41. The molecule has 0 bridgehead atoms. The fraction of sp³-hybridized carbons (Fsp3) is 1.00. The molecule has 5 heterocycles. The summed E-state index contributed by atoms with van der Waals surface area (Å²) in [5, 5.41) is 105. The van der Waals surface area contributed by atoms with Crippen molar-refractivity contribution < 1.29 is 228 Å². The van der Waals surface area contributed by atoms with Crippen LogP contribution in [-0.2, 0) is 138 Å². The van der Waals surface area contributed by atoms with Gasteiger partial charge in [0.25, 0.3) is 54.8 Å². The number of ether oxygens (including phenoxy) is 10. The van der Waals surface area contributed by atoms with Crippen molar-refractivity contribution in [3.8, 4) is 0 Å². The van der Waals surface area contributed by atoms with Crippen molar-refractivity contribution in [1.29, 1.82) is 0 Å². The van der Waals surface area contributed by atoms with E-state index < -0.39 is 259 Å². The predicted octanol–water partition coefficient (Wildman–Crippen LogP) is 0.0334. The van der Waals surface area contributed by atoms with Crippen molar-refractivity contribution in [1.82, 2.24) is 0 Å². The third kappa shape index (κ3) is 44.6. The van der Waals surface area contributed by atoms with Crippen LogP contribution in [0.3, 0.4) is 0 Å². The Kier molecular flexibility index (Phi) is 53.6. The monoisotopic (exact) mass is 1950 g/mol. The Morgan fingerprint density at radius 1 is 0.242 bits per heavy atom. The van der Waals surface area contributed by atoms with E-state index in [-0.39, 0.29) is 85.3 Å². The number of hydrogen-bond donors (Lipinski definition) is 11. The topological polar surface area (TPSA) is 716 Å². The van der Waals surface area contributed by atoms with Crippen molar-refractivity contribution in [2.24, 2.45) is 29.6 Å². The van der Waals surface area contributed by atoms with Gasteiger partial charge in [0.15, 0.2) is 31.5 Å². The van der Waals surface area contributed by atoms with Gasteiger partial charge in [-0.3, -0.25) is 32.0 Å². The lowest BCUT2D eigenvalue weighted by Crippen LogP contribution is -2.55. The number of phosphoric ester groups is 7. The molecule has 0 aliphatic carbocycles. The van der Waals surface area contributed by atoms with E-state index in [0.717, 1.165) is 0 Å². The smallest absolute Gasteiger partial charge is 0.268 e. The maximum atomic E-state index is 12.5. The molecule has 5 saturated heterocycles. The first-order valence-corrected chi connectivity index (χ1v) is 51.6. The second kappa shape index (κ2) is 57.1. The van der Waals surface area contributed by atoms with E-state index in [1.165, 1.54) is 27.7 Å². The van der Waals surface area contributed by atoms with Gasteiger partial charge in [-0.1, -0.05) is 34.6 Å². The van der Waals surface area contributed by atoms with Gasteiger partial charge in [0.05, 0.1) is 115 Å². The molecular formula is C69H132O48P7-7. The van der Waals surface area contributed by atoms with Gasteiger partial charge in [-0.15, -0.1) is 0 Å². The van der Waals surface area contributed by atoms with Gasteiger partial charge in [-0.05, 0) is 138 Å². The van der Waals surface area contributed by atoms with Crippen LogP contribution < -0.4 is 34.3 Å². The minimum absolute atomic E-state index is 0.0628. The van der Waals surface area contributed by atoms with Crippen LogP contribution in [0.1, 0.15) is 172 Å². The first kappa shape index (κ1) is 116. The van der Waals surface area contributed by atoms with Crippen LogP contribution in [0.5, 0.6) is 0 Å². The van der Waals surface area contributed by atoms with Crippen LogP contribution in [0.4, 0.5) is 0 Å². The molecule has 0 aromatic carbocycles. The summed E-state index contributed by atoms with van der Waals surface area (Å²) in [4.78, 5) is 92.0. The Morgan fingerprint density at radius 3 is 0.589 bits per heavy atom. The summed E-state index contributed by atoms with van der Waals surface area (Å²) in [5.41, 5.74) is 0. The Morgan fingerprint density at radius 2 is 0.403 bits per heavy atom. The van der Waals surface area contributed by atoms with Crippen molar-refractivity contribution in [2.75, 3.05) is 99.1 Å². The molecule has 0 spiro atoms. The molecule has 0 aromatic heterocycles. The SMILES string of the molecule is CC(C)OP(=O)([O-])OCC1OC(OCCCCCOP(=O)([O-])OCC2OC(OCCCCCOP(=O)([O-])O)C(C)C(O)C2O)C(C)C(O)C1O.CC(C)OP(=O)([O-])OCCCCCOC1OC(COP(=O)([O-])OCCCCCOC2OC(COP(=O)([O-])OCCCCCOC3OC(COP(=O)([O-])OC(C)C)C(O)C(O)C3C)C(O)C(O)C2C)C(O)C(O)C1C. The average molecular weight is 1950 g/mol. The van der Waals surface area contributed by atoms with Gasteiger partial charge >= 0.3 is 0 Å². The second-order valence-corrected chi connectivity index (χ2v) is 40.9. The maximum absolute atomic E-state index is 12.5. The van der Waals surface area contributed by atoms with E-state index in [2.05, 4.69) is 4.52 Å². The lowest BCUT2D eigenvalue weighted by atomic mass is 9.92. The number of aliphatic hydroxyl groups is 10. The van der Waals surface area contributed by atoms with E-state index in [1.807, 2.05) is 0 Å². The quantitative estimate of drug-likeness (QED) is 0.0283. The Hall–Kier alpha value is -0.0300. The summed E-state index contributed by atoms with van der Waals surface area (Å²) in [7, 11) is -33.1. The van der Waals surface area contributed by atoms with Gasteiger partial charge in [-0.25, -0.2) is 0 Å².